The molecule has 0 spiro atoms. The number of nitro groups is 1. The van der Waals surface area contributed by atoms with Gasteiger partial charge in [-0.05, 0) is 38.9 Å². The molecule has 1 atom stereocenters. The number of nitrogens with zero attached hydrogens (tertiary/aromatic N) is 3. The van der Waals surface area contributed by atoms with Crippen LogP contribution >= 0.6 is 28.6 Å². The van der Waals surface area contributed by atoms with Gasteiger partial charge >= 0.3 is 5.82 Å². The fourth-order valence-electron chi connectivity index (χ4n) is 1.52. The molecule has 90 valence electrons. The number of rotatable bonds is 6. The van der Waals surface area contributed by atoms with Crippen LogP contribution in [-0.4, -0.2) is 20.5 Å². The van der Waals surface area contributed by atoms with Gasteiger partial charge in [0.2, 0.25) is 0 Å². The van der Waals surface area contributed by atoms with Gasteiger partial charge in [0.05, 0.1) is 17.8 Å². The van der Waals surface area contributed by atoms with Crippen molar-refractivity contribution in [2.75, 3.05) is 5.75 Å². The summed E-state index contributed by atoms with van der Waals surface area (Å²) in [7, 11) is 0. The van der Waals surface area contributed by atoms with Crippen molar-refractivity contribution < 1.29 is 4.92 Å². The molecule has 1 aromatic rings. The molecule has 0 saturated carbocycles. The maximum absolute atomic E-state index is 10.6. The normalized spacial score (nSPS) is 12.7. The van der Waals surface area contributed by atoms with E-state index in [0.29, 0.717) is 16.9 Å². The fraction of sp³-hybridized carbons (Fsp3) is 0.667. The lowest BCUT2D eigenvalue weighted by molar-refractivity contribution is -0.390. The van der Waals surface area contributed by atoms with E-state index < -0.39 is 4.92 Å². The lowest BCUT2D eigenvalue weighted by Crippen LogP contribution is -2.12. The minimum absolute atomic E-state index is 0.130. The van der Waals surface area contributed by atoms with E-state index in [1.54, 1.807) is 10.9 Å². The zero-order chi connectivity index (χ0) is 12.1. The summed E-state index contributed by atoms with van der Waals surface area (Å²) in [4.78, 5) is 10.1. The molecule has 0 radical (unpaired) electrons. The van der Waals surface area contributed by atoms with Gasteiger partial charge in [0.25, 0.3) is 0 Å². The van der Waals surface area contributed by atoms with Crippen LogP contribution in [0.4, 0.5) is 5.82 Å². The van der Waals surface area contributed by atoms with Crippen LogP contribution in [0.5, 0.6) is 0 Å². The lowest BCUT2D eigenvalue weighted by Gasteiger charge is -2.10. The van der Waals surface area contributed by atoms with Crippen molar-refractivity contribution in [2.24, 2.45) is 5.92 Å². The Morgan fingerprint density at radius 1 is 1.75 bits per heavy atom. The molecule has 0 aliphatic carbocycles. The average molecular weight is 308 g/mol. The Labute approximate surface area is 108 Å². The lowest BCUT2D eigenvalue weighted by atomic mass is 10.1. The molecule has 1 rings (SSSR count). The van der Waals surface area contributed by atoms with Gasteiger partial charge in [-0.15, -0.1) is 0 Å². The van der Waals surface area contributed by atoms with E-state index in [9.17, 15) is 10.1 Å². The van der Waals surface area contributed by atoms with Crippen molar-refractivity contribution in [1.29, 1.82) is 0 Å². The minimum Gasteiger partial charge on any atom is -0.358 e. The Bertz CT molecular complexity index is 370. The molecule has 0 aliphatic heterocycles. The third-order valence-corrected chi connectivity index (χ3v) is 3.35. The topological polar surface area (TPSA) is 61.0 Å². The van der Waals surface area contributed by atoms with Crippen molar-refractivity contribution in [3.8, 4) is 0 Å². The molecule has 0 aromatic carbocycles. The molecule has 7 heteroatoms. The van der Waals surface area contributed by atoms with Crippen LogP contribution in [0.2, 0.25) is 0 Å². The van der Waals surface area contributed by atoms with Gasteiger partial charge in [0.1, 0.15) is 4.47 Å². The van der Waals surface area contributed by atoms with E-state index in [1.807, 2.05) is 0 Å². The summed E-state index contributed by atoms with van der Waals surface area (Å²) in [5, 5.41) is 14.5. The van der Waals surface area contributed by atoms with Crippen LogP contribution in [-0.2, 0) is 6.54 Å². The molecule has 1 aromatic heterocycles. The zero-order valence-corrected chi connectivity index (χ0v) is 11.4. The van der Waals surface area contributed by atoms with Crippen molar-refractivity contribution in [3.63, 3.8) is 0 Å². The van der Waals surface area contributed by atoms with Crippen LogP contribution < -0.4 is 0 Å². The summed E-state index contributed by atoms with van der Waals surface area (Å²) in [6, 6.07) is 0. The Balaban J connectivity index is 2.73. The SMILES string of the molecule is CCCC(CS)Cn1cc(Br)c([N+](=O)[O-])n1. The van der Waals surface area contributed by atoms with Gasteiger partial charge in [-0.1, -0.05) is 13.3 Å². The number of thiol groups is 1. The van der Waals surface area contributed by atoms with Crippen LogP contribution in [0.25, 0.3) is 0 Å². The molecule has 16 heavy (non-hydrogen) atoms. The summed E-state index contributed by atoms with van der Waals surface area (Å²) in [6.07, 6.45) is 3.77. The van der Waals surface area contributed by atoms with Crippen LogP contribution in [0, 0.1) is 16.0 Å². The number of aromatic nitrogens is 2. The van der Waals surface area contributed by atoms with Gasteiger partial charge in [0, 0.05) is 0 Å². The Hall–Kier alpha value is -0.560. The largest absolute Gasteiger partial charge is 0.404 e. The maximum Gasteiger partial charge on any atom is 0.404 e. The number of hydrogen-bond acceptors (Lipinski definition) is 4. The molecule has 5 nitrogen and oxygen atoms in total. The standard InChI is InChI=1S/C9H14BrN3O2S/c1-2-3-7(6-16)4-12-5-8(10)9(11-12)13(14)15/h5,7,16H,2-4,6H2,1H3. The highest BCUT2D eigenvalue weighted by molar-refractivity contribution is 9.10. The highest BCUT2D eigenvalue weighted by Gasteiger charge is 2.20. The summed E-state index contributed by atoms with van der Waals surface area (Å²) >= 11 is 7.39. The van der Waals surface area contributed by atoms with E-state index in [2.05, 4.69) is 40.6 Å². The highest BCUT2D eigenvalue weighted by atomic mass is 79.9. The van der Waals surface area contributed by atoms with Crippen molar-refractivity contribution in [1.82, 2.24) is 9.78 Å². The van der Waals surface area contributed by atoms with E-state index in [1.165, 1.54) is 0 Å². The molecule has 1 unspecified atom stereocenters. The first kappa shape index (κ1) is 13.5. The third kappa shape index (κ3) is 3.48. The van der Waals surface area contributed by atoms with Gasteiger partial charge in [0.15, 0.2) is 0 Å². The summed E-state index contributed by atoms with van der Waals surface area (Å²) in [5.74, 6) is 1.04. The minimum atomic E-state index is -0.490. The van der Waals surface area contributed by atoms with E-state index in [-0.39, 0.29) is 5.82 Å². The van der Waals surface area contributed by atoms with Crippen molar-refractivity contribution in [2.45, 2.75) is 26.3 Å². The predicted molar refractivity (Wildman–Crippen MR) is 68.8 cm³/mol. The predicted octanol–water partition coefficient (Wildman–Crippen LogP) is 2.90. The van der Waals surface area contributed by atoms with Crippen LogP contribution in [0.1, 0.15) is 19.8 Å². The molecular formula is C9H14BrN3O2S. The molecule has 0 aliphatic rings. The first-order valence-electron chi connectivity index (χ1n) is 5.06. The van der Waals surface area contributed by atoms with E-state index in [0.717, 1.165) is 18.6 Å². The third-order valence-electron chi connectivity index (χ3n) is 2.27. The Kier molecular flexibility index (Phi) is 5.27. The molecule has 0 saturated heterocycles. The second-order valence-electron chi connectivity index (χ2n) is 3.62. The molecular weight excluding hydrogens is 294 g/mol. The summed E-state index contributed by atoms with van der Waals surface area (Å²) < 4.78 is 2.03. The first-order valence-corrected chi connectivity index (χ1v) is 6.49. The van der Waals surface area contributed by atoms with Crippen molar-refractivity contribution in [3.05, 3.63) is 20.8 Å². The fourth-order valence-corrected chi connectivity index (χ4v) is 2.28. The molecule has 0 amide bonds. The highest BCUT2D eigenvalue weighted by Crippen LogP contribution is 2.23. The van der Waals surface area contributed by atoms with Crippen LogP contribution in [0.3, 0.4) is 0 Å². The molecule has 0 bridgehead atoms. The quantitative estimate of drug-likeness (QED) is 0.499. The number of halogens is 1. The molecule has 0 fully saturated rings. The van der Waals surface area contributed by atoms with Gasteiger partial charge in [-0.3, -0.25) is 0 Å². The smallest absolute Gasteiger partial charge is 0.358 e. The maximum atomic E-state index is 10.6. The van der Waals surface area contributed by atoms with Crippen LogP contribution in [0.15, 0.2) is 10.7 Å². The van der Waals surface area contributed by atoms with E-state index >= 15 is 0 Å². The van der Waals surface area contributed by atoms with Gasteiger partial charge in [-0.2, -0.15) is 17.3 Å². The second-order valence-corrected chi connectivity index (χ2v) is 4.84. The number of hydrogen-bond donors (Lipinski definition) is 1. The molecule has 0 N–H and O–H groups in total. The van der Waals surface area contributed by atoms with Crippen molar-refractivity contribution >= 4 is 34.4 Å². The first-order chi connectivity index (χ1) is 7.58. The van der Waals surface area contributed by atoms with E-state index in [4.69, 9.17) is 0 Å². The average Bonchev–Trinajstić information content (AvgIpc) is 2.59. The van der Waals surface area contributed by atoms with Gasteiger partial charge in [-0.25, -0.2) is 0 Å². The molecule has 1 heterocycles. The second kappa shape index (κ2) is 6.24. The zero-order valence-electron chi connectivity index (χ0n) is 8.97. The monoisotopic (exact) mass is 307 g/mol. The Morgan fingerprint density at radius 2 is 2.44 bits per heavy atom. The van der Waals surface area contributed by atoms with Gasteiger partial charge < -0.3 is 10.1 Å². The summed E-state index contributed by atoms with van der Waals surface area (Å²) in [5.41, 5.74) is 0. The Morgan fingerprint density at radius 3 is 2.88 bits per heavy atom. The summed E-state index contributed by atoms with van der Waals surface area (Å²) in [6.45, 7) is 2.78.